The molecule has 0 spiro atoms. The molecule has 0 fully saturated rings. The molecule has 21 heavy (non-hydrogen) atoms. The summed E-state index contributed by atoms with van der Waals surface area (Å²) in [5.41, 5.74) is 7.35. The summed E-state index contributed by atoms with van der Waals surface area (Å²) in [6, 6.07) is 5.94. The van der Waals surface area contributed by atoms with Crippen LogP contribution < -0.4 is 16.0 Å². The maximum atomic E-state index is 11.2. The number of primary amides is 1. The van der Waals surface area contributed by atoms with E-state index in [0.717, 1.165) is 55.2 Å². The van der Waals surface area contributed by atoms with Gasteiger partial charge in [0.15, 0.2) is 0 Å². The van der Waals surface area contributed by atoms with E-state index in [1.54, 1.807) is 0 Å². The van der Waals surface area contributed by atoms with Crippen LogP contribution in [-0.4, -0.2) is 25.5 Å². The van der Waals surface area contributed by atoms with Crippen LogP contribution in [0.4, 0.5) is 5.69 Å². The van der Waals surface area contributed by atoms with Gasteiger partial charge in [0.25, 0.3) is 0 Å². The highest BCUT2D eigenvalue weighted by Gasteiger charge is 2.11. The van der Waals surface area contributed by atoms with Crippen LogP contribution in [0, 0.1) is 0 Å². The number of carbonyl (C=O) groups excluding carboxylic acids is 1. The summed E-state index contributed by atoms with van der Waals surface area (Å²) >= 11 is 6.34. The molecule has 0 aliphatic rings. The summed E-state index contributed by atoms with van der Waals surface area (Å²) in [5.74, 6) is -0.323. The molecule has 1 amide bonds. The molecular weight excluding hydrogens is 286 g/mol. The number of carbonyl (C=O) groups is 1. The highest BCUT2D eigenvalue weighted by Crippen LogP contribution is 2.24. The van der Waals surface area contributed by atoms with Gasteiger partial charge in [0, 0.05) is 23.8 Å². The molecule has 1 rings (SSSR count). The third kappa shape index (κ3) is 6.36. The largest absolute Gasteiger partial charge is 0.368 e. The zero-order chi connectivity index (χ0) is 15.7. The summed E-state index contributed by atoms with van der Waals surface area (Å²) in [6.45, 7) is 7.03. The van der Waals surface area contributed by atoms with Gasteiger partial charge in [-0.05, 0) is 37.1 Å². The Morgan fingerprint density at radius 3 is 2.67 bits per heavy atom. The van der Waals surface area contributed by atoms with E-state index in [9.17, 15) is 4.79 Å². The van der Waals surface area contributed by atoms with Gasteiger partial charge in [-0.25, -0.2) is 0 Å². The number of amides is 1. The van der Waals surface area contributed by atoms with Crippen LogP contribution in [-0.2, 0) is 11.3 Å². The second kappa shape index (κ2) is 9.64. The molecule has 0 aromatic heterocycles. The molecule has 0 aliphatic carbocycles. The Labute approximate surface area is 132 Å². The Balaban J connectivity index is 2.79. The standard InChI is InChI=1S/C16H26ClN3O/c1-3-5-9-20(12-16(18)21)14-7-6-13(15(17)10-14)11-19-8-4-2/h6-7,10,19H,3-5,8-9,11-12H2,1-2H3,(H2,18,21). The number of unbranched alkanes of at least 4 members (excludes halogenated alkanes) is 1. The van der Waals surface area contributed by atoms with Crippen molar-refractivity contribution in [2.45, 2.75) is 39.7 Å². The molecule has 1 aromatic carbocycles. The first-order valence-corrected chi connectivity index (χ1v) is 7.98. The third-order valence-electron chi connectivity index (χ3n) is 3.27. The molecule has 0 atom stereocenters. The number of anilines is 1. The van der Waals surface area contributed by atoms with Gasteiger partial charge in [-0.15, -0.1) is 0 Å². The molecule has 0 bridgehead atoms. The molecular formula is C16H26ClN3O. The molecule has 0 saturated carbocycles. The van der Waals surface area contributed by atoms with Gasteiger partial charge in [-0.3, -0.25) is 4.79 Å². The number of hydrogen-bond acceptors (Lipinski definition) is 3. The third-order valence-corrected chi connectivity index (χ3v) is 3.62. The number of hydrogen-bond donors (Lipinski definition) is 2. The van der Waals surface area contributed by atoms with E-state index in [2.05, 4.69) is 19.2 Å². The second-order valence-electron chi connectivity index (χ2n) is 5.19. The molecule has 118 valence electrons. The average Bonchev–Trinajstić information content (AvgIpc) is 2.45. The molecule has 0 radical (unpaired) electrons. The Morgan fingerprint density at radius 1 is 1.33 bits per heavy atom. The van der Waals surface area contributed by atoms with Crippen molar-refractivity contribution in [2.75, 3.05) is 24.5 Å². The monoisotopic (exact) mass is 311 g/mol. The zero-order valence-electron chi connectivity index (χ0n) is 13.0. The summed E-state index contributed by atoms with van der Waals surface area (Å²) < 4.78 is 0. The number of benzene rings is 1. The second-order valence-corrected chi connectivity index (χ2v) is 5.60. The maximum Gasteiger partial charge on any atom is 0.236 e. The van der Waals surface area contributed by atoms with Crippen LogP contribution in [0.5, 0.6) is 0 Å². The minimum Gasteiger partial charge on any atom is -0.368 e. The minimum absolute atomic E-state index is 0.226. The molecule has 0 saturated heterocycles. The number of nitrogens with two attached hydrogens (primary N) is 1. The van der Waals surface area contributed by atoms with Crippen LogP contribution in [0.1, 0.15) is 38.7 Å². The maximum absolute atomic E-state index is 11.2. The number of nitrogens with zero attached hydrogens (tertiary/aromatic N) is 1. The molecule has 3 N–H and O–H groups in total. The van der Waals surface area contributed by atoms with Crippen LogP contribution in [0.15, 0.2) is 18.2 Å². The fourth-order valence-corrected chi connectivity index (χ4v) is 2.35. The normalized spacial score (nSPS) is 10.6. The number of halogens is 1. The van der Waals surface area contributed by atoms with Crippen LogP contribution >= 0.6 is 11.6 Å². The van der Waals surface area contributed by atoms with Gasteiger partial charge >= 0.3 is 0 Å². The van der Waals surface area contributed by atoms with Crippen molar-refractivity contribution in [2.24, 2.45) is 5.73 Å². The lowest BCUT2D eigenvalue weighted by atomic mass is 10.1. The predicted molar refractivity (Wildman–Crippen MR) is 89.8 cm³/mol. The summed E-state index contributed by atoms with van der Waals surface area (Å²) in [7, 11) is 0. The van der Waals surface area contributed by atoms with Crippen molar-refractivity contribution in [1.82, 2.24) is 5.32 Å². The van der Waals surface area contributed by atoms with Gasteiger partial charge in [-0.1, -0.05) is 37.9 Å². The summed E-state index contributed by atoms with van der Waals surface area (Å²) in [5, 5.41) is 4.06. The lowest BCUT2D eigenvalue weighted by Gasteiger charge is -2.24. The zero-order valence-corrected chi connectivity index (χ0v) is 13.7. The van der Waals surface area contributed by atoms with E-state index in [1.165, 1.54) is 0 Å². The van der Waals surface area contributed by atoms with Crippen molar-refractivity contribution in [3.8, 4) is 0 Å². The minimum atomic E-state index is -0.323. The van der Waals surface area contributed by atoms with Gasteiger partial charge in [-0.2, -0.15) is 0 Å². The fourth-order valence-electron chi connectivity index (χ4n) is 2.11. The Hall–Kier alpha value is -1.26. The number of rotatable bonds is 10. The highest BCUT2D eigenvalue weighted by molar-refractivity contribution is 6.31. The van der Waals surface area contributed by atoms with Crippen LogP contribution in [0.25, 0.3) is 0 Å². The van der Waals surface area contributed by atoms with Crippen molar-refractivity contribution in [3.63, 3.8) is 0 Å². The highest BCUT2D eigenvalue weighted by atomic mass is 35.5. The summed E-state index contributed by atoms with van der Waals surface area (Å²) in [4.78, 5) is 13.2. The lowest BCUT2D eigenvalue weighted by molar-refractivity contribution is -0.116. The molecule has 0 heterocycles. The van der Waals surface area contributed by atoms with Crippen LogP contribution in [0.3, 0.4) is 0 Å². The smallest absolute Gasteiger partial charge is 0.236 e. The van der Waals surface area contributed by atoms with Crippen molar-refractivity contribution in [1.29, 1.82) is 0 Å². The molecule has 4 nitrogen and oxygen atoms in total. The fraction of sp³-hybridized carbons (Fsp3) is 0.562. The molecule has 0 aliphatic heterocycles. The first kappa shape index (κ1) is 17.8. The first-order valence-electron chi connectivity index (χ1n) is 7.60. The SMILES string of the molecule is CCCCN(CC(N)=O)c1ccc(CNCCC)c(Cl)c1. The van der Waals surface area contributed by atoms with E-state index in [4.69, 9.17) is 17.3 Å². The van der Waals surface area contributed by atoms with Gasteiger partial charge in [0.05, 0.1) is 6.54 Å². The van der Waals surface area contributed by atoms with E-state index in [1.807, 2.05) is 23.1 Å². The lowest BCUT2D eigenvalue weighted by Crippen LogP contribution is -2.34. The van der Waals surface area contributed by atoms with E-state index in [0.29, 0.717) is 0 Å². The predicted octanol–water partition coefficient (Wildman–Crippen LogP) is 2.93. The molecule has 0 unspecified atom stereocenters. The molecule has 1 aromatic rings. The molecule has 5 heteroatoms. The first-order chi connectivity index (χ1) is 10.1. The van der Waals surface area contributed by atoms with Gasteiger partial charge in [0.2, 0.25) is 5.91 Å². The van der Waals surface area contributed by atoms with Crippen molar-refractivity contribution in [3.05, 3.63) is 28.8 Å². The summed E-state index contributed by atoms with van der Waals surface area (Å²) in [6.07, 6.45) is 3.19. The van der Waals surface area contributed by atoms with Gasteiger partial charge in [0.1, 0.15) is 0 Å². The quantitative estimate of drug-likeness (QED) is 0.653. The van der Waals surface area contributed by atoms with Crippen molar-refractivity contribution < 1.29 is 4.79 Å². The topological polar surface area (TPSA) is 58.4 Å². The van der Waals surface area contributed by atoms with Crippen LogP contribution in [0.2, 0.25) is 5.02 Å². The van der Waals surface area contributed by atoms with Crippen molar-refractivity contribution >= 4 is 23.2 Å². The average molecular weight is 312 g/mol. The number of nitrogens with one attached hydrogen (secondary N) is 1. The van der Waals surface area contributed by atoms with E-state index in [-0.39, 0.29) is 12.5 Å². The Bertz CT molecular complexity index is 451. The Morgan fingerprint density at radius 2 is 2.10 bits per heavy atom. The van der Waals surface area contributed by atoms with E-state index < -0.39 is 0 Å². The van der Waals surface area contributed by atoms with E-state index >= 15 is 0 Å². The van der Waals surface area contributed by atoms with Gasteiger partial charge < -0.3 is 16.0 Å². The Kier molecular flexibility index (Phi) is 8.16.